The van der Waals surface area contributed by atoms with Gasteiger partial charge in [0.15, 0.2) is 0 Å². The average molecular weight is 184 g/mol. The van der Waals surface area contributed by atoms with Crippen molar-refractivity contribution < 1.29 is 19.4 Å². The molecule has 13 heavy (non-hydrogen) atoms. The first-order valence-corrected chi connectivity index (χ1v) is 3.74. The Hall–Kier alpha value is -1.42. The first-order chi connectivity index (χ1) is 6.15. The van der Waals surface area contributed by atoms with Gasteiger partial charge < -0.3 is 10.2 Å². The molecule has 0 bridgehead atoms. The Balaban J connectivity index is 2.98. The first-order valence-electron chi connectivity index (χ1n) is 3.74. The second kappa shape index (κ2) is 4.00. The molecule has 1 aromatic rings. The average Bonchev–Trinajstić information content (AvgIpc) is 2.04. The molecule has 1 rings (SSSR count). The third kappa shape index (κ3) is 2.26. The molecule has 4 heteroatoms. The predicted molar refractivity (Wildman–Crippen MR) is 43.9 cm³/mol. The van der Waals surface area contributed by atoms with Gasteiger partial charge in [-0.3, -0.25) is 4.79 Å². The second-order valence-corrected chi connectivity index (χ2v) is 2.63. The number of halogens is 1. The number of hydrogen-bond acceptors (Lipinski definition) is 2. The molecule has 0 fully saturated rings. The van der Waals surface area contributed by atoms with Crippen molar-refractivity contribution in [3.63, 3.8) is 0 Å². The van der Waals surface area contributed by atoms with E-state index in [4.69, 9.17) is 10.2 Å². The minimum absolute atomic E-state index is 0.273. The molecule has 3 nitrogen and oxygen atoms in total. The van der Waals surface area contributed by atoms with Crippen LogP contribution in [0.15, 0.2) is 24.3 Å². The highest BCUT2D eigenvalue weighted by Crippen LogP contribution is 2.16. The summed E-state index contributed by atoms with van der Waals surface area (Å²) in [7, 11) is 0. The van der Waals surface area contributed by atoms with Crippen molar-refractivity contribution >= 4 is 5.97 Å². The maximum atomic E-state index is 12.7. The van der Waals surface area contributed by atoms with Crippen molar-refractivity contribution in [1.29, 1.82) is 0 Å². The van der Waals surface area contributed by atoms with Crippen LogP contribution in [0.25, 0.3) is 0 Å². The lowest BCUT2D eigenvalue weighted by Gasteiger charge is -2.08. The van der Waals surface area contributed by atoms with Gasteiger partial charge in [-0.05, 0) is 17.7 Å². The quantitative estimate of drug-likeness (QED) is 0.736. The van der Waals surface area contributed by atoms with E-state index in [0.29, 0.717) is 0 Å². The van der Waals surface area contributed by atoms with Gasteiger partial charge in [-0.25, -0.2) is 4.39 Å². The molecule has 70 valence electrons. The van der Waals surface area contributed by atoms with E-state index in [1.165, 1.54) is 18.2 Å². The van der Waals surface area contributed by atoms with Gasteiger partial charge in [0.05, 0.1) is 6.61 Å². The Morgan fingerprint density at radius 3 is 2.69 bits per heavy atom. The molecule has 0 radical (unpaired) electrons. The van der Waals surface area contributed by atoms with Crippen LogP contribution in [-0.2, 0) is 4.79 Å². The van der Waals surface area contributed by atoms with Crippen LogP contribution >= 0.6 is 0 Å². The highest BCUT2D eigenvalue weighted by Gasteiger charge is 2.18. The third-order valence-corrected chi connectivity index (χ3v) is 1.73. The Morgan fingerprint density at radius 1 is 1.54 bits per heavy atom. The Labute approximate surface area is 74.4 Å². The molecule has 0 aliphatic heterocycles. The molecule has 0 unspecified atom stereocenters. The molecule has 0 saturated carbocycles. The lowest BCUT2D eigenvalue weighted by Crippen LogP contribution is -2.15. The molecule has 0 saturated heterocycles. The molecular weight excluding hydrogens is 175 g/mol. The fourth-order valence-corrected chi connectivity index (χ4v) is 1.05. The summed E-state index contributed by atoms with van der Waals surface area (Å²) >= 11 is 0. The molecule has 0 aliphatic carbocycles. The molecule has 1 atom stereocenters. The largest absolute Gasteiger partial charge is 0.481 e. The zero-order valence-electron chi connectivity index (χ0n) is 6.77. The topological polar surface area (TPSA) is 57.5 Å². The zero-order chi connectivity index (χ0) is 9.84. The van der Waals surface area contributed by atoms with Gasteiger partial charge >= 0.3 is 5.97 Å². The van der Waals surface area contributed by atoms with Crippen molar-refractivity contribution in [2.75, 3.05) is 6.61 Å². The highest BCUT2D eigenvalue weighted by molar-refractivity contribution is 5.76. The van der Waals surface area contributed by atoms with E-state index in [0.717, 1.165) is 6.07 Å². The van der Waals surface area contributed by atoms with Gasteiger partial charge in [0.25, 0.3) is 0 Å². The van der Waals surface area contributed by atoms with E-state index < -0.39 is 24.3 Å². The van der Waals surface area contributed by atoms with Gasteiger partial charge in [-0.15, -0.1) is 0 Å². The molecule has 2 N–H and O–H groups in total. The normalized spacial score (nSPS) is 12.5. The van der Waals surface area contributed by atoms with E-state index >= 15 is 0 Å². The van der Waals surface area contributed by atoms with Crippen molar-refractivity contribution in [1.82, 2.24) is 0 Å². The predicted octanol–water partition coefficient (Wildman–Crippen LogP) is 0.986. The van der Waals surface area contributed by atoms with Crippen LogP contribution in [0.4, 0.5) is 4.39 Å². The van der Waals surface area contributed by atoms with E-state index in [1.807, 2.05) is 0 Å². The van der Waals surface area contributed by atoms with Gasteiger partial charge in [0, 0.05) is 0 Å². The van der Waals surface area contributed by atoms with Crippen molar-refractivity contribution in [3.05, 3.63) is 35.6 Å². The van der Waals surface area contributed by atoms with Gasteiger partial charge in [-0.2, -0.15) is 0 Å². The molecule has 0 aromatic heterocycles. The van der Waals surface area contributed by atoms with Crippen LogP contribution in [0.2, 0.25) is 0 Å². The number of carboxylic acids is 1. The van der Waals surface area contributed by atoms with Crippen LogP contribution in [0.1, 0.15) is 11.5 Å². The minimum atomic E-state index is -1.16. The lowest BCUT2D eigenvalue weighted by atomic mass is 10.0. The van der Waals surface area contributed by atoms with Crippen LogP contribution < -0.4 is 0 Å². The maximum absolute atomic E-state index is 12.7. The van der Waals surface area contributed by atoms with Crippen LogP contribution in [0.3, 0.4) is 0 Å². The third-order valence-electron chi connectivity index (χ3n) is 1.73. The number of aliphatic hydroxyl groups excluding tert-OH is 1. The number of aliphatic hydroxyl groups is 1. The summed E-state index contributed by atoms with van der Waals surface area (Å²) in [6.45, 7) is -0.529. The molecule has 1 aromatic carbocycles. The number of aliphatic carboxylic acids is 1. The summed E-state index contributed by atoms with van der Waals surface area (Å²) in [6.07, 6.45) is 0. The monoisotopic (exact) mass is 184 g/mol. The summed E-state index contributed by atoms with van der Waals surface area (Å²) in [5, 5.41) is 17.4. The van der Waals surface area contributed by atoms with Gasteiger partial charge in [-0.1, -0.05) is 12.1 Å². The smallest absolute Gasteiger partial charge is 0.313 e. The Kier molecular flexibility index (Phi) is 2.97. The molecule has 0 aliphatic rings. The van der Waals surface area contributed by atoms with E-state index in [-0.39, 0.29) is 5.56 Å². The minimum Gasteiger partial charge on any atom is -0.481 e. The maximum Gasteiger partial charge on any atom is 0.313 e. The fourth-order valence-electron chi connectivity index (χ4n) is 1.05. The summed E-state index contributed by atoms with van der Waals surface area (Å²) in [5.74, 6) is -2.71. The molecule has 0 spiro atoms. The summed E-state index contributed by atoms with van der Waals surface area (Å²) in [5.41, 5.74) is 0.273. The van der Waals surface area contributed by atoms with Crippen molar-refractivity contribution in [2.24, 2.45) is 0 Å². The molecule has 0 heterocycles. The number of rotatable bonds is 3. The number of benzene rings is 1. The Bertz CT molecular complexity index is 311. The van der Waals surface area contributed by atoms with E-state index in [9.17, 15) is 9.18 Å². The van der Waals surface area contributed by atoms with Gasteiger partial charge in [0.1, 0.15) is 11.7 Å². The summed E-state index contributed by atoms with van der Waals surface area (Å²) < 4.78 is 12.7. The summed E-state index contributed by atoms with van der Waals surface area (Å²) in [6, 6.07) is 5.21. The lowest BCUT2D eigenvalue weighted by molar-refractivity contribution is -0.139. The van der Waals surface area contributed by atoms with Crippen LogP contribution in [0.5, 0.6) is 0 Å². The SMILES string of the molecule is O=C(O)[C@@H](CO)c1cccc(F)c1. The van der Waals surface area contributed by atoms with Crippen molar-refractivity contribution in [2.45, 2.75) is 5.92 Å². The standard InChI is InChI=1S/C9H9FO3/c10-7-3-1-2-6(4-7)8(5-11)9(12)13/h1-4,8,11H,5H2,(H,12,13)/t8-/m0/s1. The molecule has 0 amide bonds. The van der Waals surface area contributed by atoms with Gasteiger partial charge in [0.2, 0.25) is 0 Å². The summed E-state index contributed by atoms with van der Waals surface area (Å²) in [4.78, 5) is 10.6. The first kappa shape index (κ1) is 9.67. The zero-order valence-corrected chi connectivity index (χ0v) is 6.77. The number of hydrogen-bond donors (Lipinski definition) is 2. The number of carboxylic acid groups (broad SMARTS) is 1. The fraction of sp³-hybridized carbons (Fsp3) is 0.222. The second-order valence-electron chi connectivity index (χ2n) is 2.63. The van der Waals surface area contributed by atoms with Crippen molar-refractivity contribution in [3.8, 4) is 0 Å². The highest BCUT2D eigenvalue weighted by atomic mass is 19.1. The Morgan fingerprint density at radius 2 is 2.23 bits per heavy atom. The van der Waals surface area contributed by atoms with E-state index in [2.05, 4.69) is 0 Å². The van der Waals surface area contributed by atoms with E-state index in [1.54, 1.807) is 0 Å². The van der Waals surface area contributed by atoms with Crippen LogP contribution in [-0.4, -0.2) is 22.8 Å². The number of carbonyl (C=O) groups is 1. The molecular formula is C9H9FO3. The van der Waals surface area contributed by atoms with Crippen LogP contribution in [0, 0.1) is 5.82 Å².